The number of benzene rings is 2. The molecule has 0 atom stereocenters. The minimum atomic E-state index is -2.87. The largest absolute Gasteiger partial charge is 0.486 e. The molecule has 1 aliphatic heterocycles. The molecule has 0 aliphatic carbocycles. The highest BCUT2D eigenvalue weighted by Crippen LogP contribution is 2.28. The molecule has 9 nitrogen and oxygen atoms in total. The molecule has 1 fully saturated rings. The predicted molar refractivity (Wildman–Crippen MR) is 127 cm³/mol. The Kier molecular flexibility index (Phi) is 7.54. The zero-order valence-corrected chi connectivity index (χ0v) is 19.2. The Morgan fingerprint density at radius 3 is 2.77 bits per heavy atom. The Bertz CT molecular complexity index is 1190. The number of rotatable bonds is 10. The average molecular weight is 485 g/mol. The second-order valence-electron chi connectivity index (χ2n) is 8.08. The predicted octanol–water partition coefficient (Wildman–Crippen LogP) is 3.72. The van der Waals surface area contributed by atoms with Crippen molar-refractivity contribution in [3.05, 3.63) is 59.4 Å². The summed E-state index contributed by atoms with van der Waals surface area (Å²) >= 11 is 0. The van der Waals surface area contributed by atoms with Crippen LogP contribution in [0.15, 0.2) is 42.5 Å². The number of hydrogen-bond donors (Lipinski definition) is 2. The number of amides is 1. The van der Waals surface area contributed by atoms with Gasteiger partial charge in [0.2, 0.25) is 17.8 Å². The molecule has 3 aromatic rings. The van der Waals surface area contributed by atoms with Crippen LogP contribution in [0, 0.1) is 6.92 Å². The van der Waals surface area contributed by atoms with Gasteiger partial charge in [0.05, 0.1) is 0 Å². The van der Waals surface area contributed by atoms with Crippen molar-refractivity contribution in [3.8, 4) is 11.5 Å². The number of nitrogen functional groups attached to an aromatic ring is 1. The fourth-order valence-corrected chi connectivity index (χ4v) is 3.81. The molecule has 0 saturated carbocycles. The van der Waals surface area contributed by atoms with Gasteiger partial charge in [-0.05, 0) is 55.2 Å². The molecule has 35 heavy (non-hydrogen) atoms. The molecule has 1 aliphatic rings. The first-order chi connectivity index (χ1) is 16.9. The van der Waals surface area contributed by atoms with E-state index in [1.54, 1.807) is 17.0 Å². The van der Waals surface area contributed by atoms with Crippen LogP contribution in [-0.2, 0) is 17.8 Å². The van der Waals surface area contributed by atoms with E-state index in [0.29, 0.717) is 37.5 Å². The number of carbonyl (C=O) groups excluding carboxylic acids is 1. The number of alkyl halides is 2. The van der Waals surface area contributed by atoms with E-state index in [0.717, 1.165) is 23.2 Å². The van der Waals surface area contributed by atoms with Gasteiger partial charge in [-0.3, -0.25) is 4.79 Å². The van der Waals surface area contributed by atoms with Crippen molar-refractivity contribution in [2.24, 2.45) is 0 Å². The van der Waals surface area contributed by atoms with Crippen LogP contribution in [-0.4, -0.2) is 40.6 Å². The number of halogens is 2. The highest BCUT2D eigenvalue weighted by atomic mass is 19.3. The first kappa shape index (κ1) is 24.1. The van der Waals surface area contributed by atoms with E-state index in [-0.39, 0.29) is 30.2 Å². The summed E-state index contributed by atoms with van der Waals surface area (Å²) in [5, 5.41) is 3.06. The molecule has 184 valence electrons. The van der Waals surface area contributed by atoms with Crippen LogP contribution in [0.2, 0.25) is 0 Å². The summed E-state index contributed by atoms with van der Waals surface area (Å²) in [6.07, 6.45) is 1.93. The van der Waals surface area contributed by atoms with E-state index >= 15 is 0 Å². The molecular formula is C24H26F2N6O3. The Balaban J connectivity index is 1.36. The van der Waals surface area contributed by atoms with Crippen LogP contribution in [0.4, 0.5) is 26.4 Å². The van der Waals surface area contributed by atoms with Crippen LogP contribution in [0.3, 0.4) is 0 Å². The third kappa shape index (κ3) is 6.75. The summed E-state index contributed by atoms with van der Waals surface area (Å²) in [6, 6.07) is 12.1. The third-order valence-corrected chi connectivity index (χ3v) is 5.31. The standard InChI is InChI=1S/C24H26F2N6O3/c1-15-10-17(32-9-3-6-21(32)33)13-19(11-15)34-14-20-29-23(27)31-24(30-20)28-8-7-16-4-2-5-18(12-16)35-22(25)26/h2,4-5,10-13,22H,3,6-9,14H2,1H3,(H3,27,28,29,30,31). The van der Waals surface area contributed by atoms with Crippen molar-refractivity contribution >= 4 is 23.5 Å². The van der Waals surface area contributed by atoms with E-state index < -0.39 is 6.61 Å². The summed E-state index contributed by atoms with van der Waals surface area (Å²) in [5.41, 5.74) is 8.43. The molecule has 4 rings (SSSR count). The molecule has 3 N–H and O–H groups in total. The minimum absolute atomic E-state index is 0.0426. The van der Waals surface area contributed by atoms with Crippen molar-refractivity contribution in [2.75, 3.05) is 29.0 Å². The number of carbonyl (C=O) groups is 1. The van der Waals surface area contributed by atoms with E-state index in [4.69, 9.17) is 10.5 Å². The van der Waals surface area contributed by atoms with Gasteiger partial charge in [0.25, 0.3) is 0 Å². The van der Waals surface area contributed by atoms with Gasteiger partial charge in [-0.25, -0.2) is 0 Å². The Labute approximate surface area is 201 Å². The lowest BCUT2D eigenvalue weighted by molar-refractivity contribution is -0.117. The van der Waals surface area contributed by atoms with Crippen LogP contribution in [0.25, 0.3) is 0 Å². The lowest BCUT2D eigenvalue weighted by Crippen LogP contribution is -2.23. The zero-order chi connectivity index (χ0) is 24.8. The summed E-state index contributed by atoms with van der Waals surface area (Å²) in [6.45, 7) is 0.267. The number of anilines is 3. The number of aryl methyl sites for hydroxylation is 1. The van der Waals surface area contributed by atoms with Crippen LogP contribution in [0.1, 0.15) is 29.8 Å². The maximum atomic E-state index is 12.4. The first-order valence-corrected chi connectivity index (χ1v) is 11.2. The first-order valence-electron chi connectivity index (χ1n) is 11.2. The van der Waals surface area contributed by atoms with Crippen molar-refractivity contribution in [1.82, 2.24) is 15.0 Å². The molecule has 0 spiro atoms. The van der Waals surface area contributed by atoms with Gasteiger partial charge in [0.1, 0.15) is 18.1 Å². The molecule has 1 saturated heterocycles. The smallest absolute Gasteiger partial charge is 0.387 e. The molecule has 2 heterocycles. The lowest BCUT2D eigenvalue weighted by Gasteiger charge is -2.18. The van der Waals surface area contributed by atoms with E-state index in [1.807, 2.05) is 31.2 Å². The SMILES string of the molecule is Cc1cc(OCc2nc(N)nc(NCCc3cccc(OC(F)F)c3)n2)cc(N2CCCC2=O)c1. The summed E-state index contributed by atoms with van der Waals surface area (Å²) < 4.78 is 35.1. The van der Waals surface area contributed by atoms with E-state index in [9.17, 15) is 13.6 Å². The van der Waals surface area contributed by atoms with Crippen molar-refractivity contribution in [1.29, 1.82) is 0 Å². The molecule has 11 heteroatoms. The van der Waals surface area contributed by atoms with Gasteiger partial charge < -0.3 is 25.4 Å². The number of nitrogens with two attached hydrogens (primary N) is 1. The number of nitrogens with zero attached hydrogens (tertiary/aromatic N) is 4. The van der Waals surface area contributed by atoms with Crippen molar-refractivity contribution in [2.45, 2.75) is 39.4 Å². The van der Waals surface area contributed by atoms with Crippen LogP contribution < -0.4 is 25.4 Å². The highest BCUT2D eigenvalue weighted by Gasteiger charge is 2.22. The molecule has 1 aromatic heterocycles. The second kappa shape index (κ2) is 10.9. The Hall–Kier alpha value is -4.02. The maximum absolute atomic E-state index is 12.4. The fraction of sp³-hybridized carbons (Fsp3) is 0.333. The normalized spacial score (nSPS) is 13.4. The summed E-state index contributed by atoms with van der Waals surface area (Å²) in [5.74, 6) is 1.47. The van der Waals surface area contributed by atoms with Gasteiger partial charge in [-0.2, -0.15) is 23.7 Å². The lowest BCUT2D eigenvalue weighted by atomic mass is 10.1. The second-order valence-corrected chi connectivity index (χ2v) is 8.08. The van der Waals surface area contributed by atoms with Gasteiger partial charge in [0.15, 0.2) is 5.82 Å². The fourth-order valence-electron chi connectivity index (χ4n) is 3.81. The Morgan fingerprint density at radius 2 is 2.00 bits per heavy atom. The monoisotopic (exact) mass is 484 g/mol. The Morgan fingerprint density at radius 1 is 1.14 bits per heavy atom. The minimum Gasteiger partial charge on any atom is -0.486 e. The number of nitrogens with one attached hydrogen (secondary N) is 1. The molecule has 2 aromatic carbocycles. The third-order valence-electron chi connectivity index (χ3n) is 5.31. The number of hydrogen-bond acceptors (Lipinski definition) is 8. The van der Waals surface area contributed by atoms with Gasteiger partial charge >= 0.3 is 6.61 Å². The molecule has 0 radical (unpaired) electrons. The molecule has 0 bridgehead atoms. The van der Waals surface area contributed by atoms with E-state index in [1.165, 1.54) is 6.07 Å². The van der Waals surface area contributed by atoms with Gasteiger partial charge in [0, 0.05) is 31.3 Å². The maximum Gasteiger partial charge on any atom is 0.387 e. The molecule has 1 amide bonds. The quantitative estimate of drug-likeness (QED) is 0.447. The molecular weight excluding hydrogens is 458 g/mol. The number of aromatic nitrogens is 3. The zero-order valence-electron chi connectivity index (χ0n) is 19.2. The topological polar surface area (TPSA) is 115 Å². The number of ether oxygens (including phenoxy) is 2. The van der Waals surface area contributed by atoms with Crippen molar-refractivity contribution in [3.63, 3.8) is 0 Å². The van der Waals surface area contributed by atoms with Crippen LogP contribution >= 0.6 is 0 Å². The molecule has 0 unspecified atom stereocenters. The summed E-state index contributed by atoms with van der Waals surface area (Å²) in [4.78, 5) is 26.4. The van der Waals surface area contributed by atoms with Gasteiger partial charge in [-0.15, -0.1) is 0 Å². The van der Waals surface area contributed by atoms with Gasteiger partial charge in [-0.1, -0.05) is 12.1 Å². The highest BCUT2D eigenvalue weighted by molar-refractivity contribution is 5.95. The van der Waals surface area contributed by atoms with Crippen molar-refractivity contribution < 1.29 is 23.0 Å². The van der Waals surface area contributed by atoms with E-state index in [2.05, 4.69) is 25.0 Å². The average Bonchev–Trinajstić information content (AvgIpc) is 3.23. The van der Waals surface area contributed by atoms with Crippen LogP contribution in [0.5, 0.6) is 11.5 Å². The summed E-state index contributed by atoms with van der Waals surface area (Å²) in [7, 11) is 0.